The van der Waals surface area contributed by atoms with Crippen LogP contribution in [0.15, 0.2) is 59.5 Å². The number of fused-ring (bicyclic) bond motifs is 2. The number of benzene rings is 3. The number of ether oxygens (including phenoxy) is 2. The van der Waals surface area contributed by atoms with Crippen LogP contribution < -0.4 is 19.7 Å². The fourth-order valence-electron chi connectivity index (χ4n) is 6.03. The van der Waals surface area contributed by atoms with E-state index in [-0.39, 0.29) is 22.8 Å². The van der Waals surface area contributed by atoms with Crippen LogP contribution in [0.1, 0.15) is 49.3 Å². The summed E-state index contributed by atoms with van der Waals surface area (Å²) in [5.74, 6) is 1.83. The number of amides is 2. The van der Waals surface area contributed by atoms with Gasteiger partial charge in [0.2, 0.25) is 0 Å². The minimum absolute atomic E-state index is 0.101. The SMILES string of the molecule is CCSc1ccc(CNC(=O)N2CC3(CCCC3)c3cc(-c4ccc(OC)cc4C(F)(F)F)ccc32)c(OC)c1. The van der Waals surface area contributed by atoms with Crippen LogP contribution in [0.3, 0.4) is 0 Å². The van der Waals surface area contributed by atoms with Gasteiger partial charge in [0.05, 0.1) is 19.8 Å². The van der Waals surface area contributed by atoms with Crippen LogP contribution >= 0.6 is 11.8 Å². The Hall–Kier alpha value is -3.33. The van der Waals surface area contributed by atoms with Gasteiger partial charge in [0, 0.05) is 34.7 Å². The number of hydrogen-bond acceptors (Lipinski definition) is 4. The molecule has 0 bridgehead atoms. The van der Waals surface area contributed by atoms with Gasteiger partial charge in [0.1, 0.15) is 11.5 Å². The number of alkyl halides is 3. The van der Waals surface area contributed by atoms with Gasteiger partial charge in [0.25, 0.3) is 0 Å². The van der Waals surface area contributed by atoms with E-state index < -0.39 is 11.7 Å². The van der Waals surface area contributed by atoms with E-state index in [1.807, 2.05) is 24.3 Å². The van der Waals surface area contributed by atoms with E-state index >= 15 is 0 Å². The monoisotopic (exact) mass is 570 g/mol. The molecule has 9 heteroatoms. The van der Waals surface area contributed by atoms with Crippen molar-refractivity contribution in [3.8, 4) is 22.6 Å². The topological polar surface area (TPSA) is 50.8 Å². The molecular weight excluding hydrogens is 537 g/mol. The second kappa shape index (κ2) is 11.3. The molecule has 5 nitrogen and oxygen atoms in total. The average Bonchev–Trinajstić information content (AvgIpc) is 3.56. The Morgan fingerprint density at radius 3 is 2.48 bits per heavy atom. The first-order valence-electron chi connectivity index (χ1n) is 13.4. The van der Waals surface area contributed by atoms with E-state index in [1.54, 1.807) is 42.0 Å². The van der Waals surface area contributed by atoms with Gasteiger partial charge >= 0.3 is 12.2 Å². The van der Waals surface area contributed by atoms with Gasteiger partial charge < -0.3 is 14.8 Å². The standard InChI is InChI=1S/C31H33F3N2O3S/c1-4-40-23-10-7-21(28(17-23)39-3)18-35-29(37)36-19-30(13-5-6-14-30)26-15-20(8-12-27(26)36)24-11-9-22(38-2)16-25(24)31(32,33)34/h7-12,15-17H,4-6,13-14,18-19H2,1-3H3,(H,35,37). The molecule has 1 aliphatic carbocycles. The number of methoxy groups -OCH3 is 2. The molecule has 0 aromatic heterocycles. The molecule has 212 valence electrons. The molecule has 40 heavy (non-hydrogen) atoms. The predicted molar refractivity (Wildman–Crippen MR) is 153 cm³/mol. The van der Waals surface area contributed by atoms with Crippen LogP contribution in [0.25, 0.3) is 11.1 Å². The van der Waals surface area contributed by atoms with E-state index in [4.69, 9.17) is 9.47 Å². The summed E-state index contributed by atoms with van der Waals surface area (Å²) in [6.45, 7) is 2.90. The van der Waals surface area contributed by atoms with Gasteiger partial charge in [-0.3, -0.25) is 4.90 Å². The van der Waals surface area contributed by atoms with Gasteiger partial charge in [-0.2, -0.15) is 13.2 Å². The average molecular weight is 571 g/mol. The molecule has 1 saturated carbocycles. The molecule has 0 radical (unpaired) electrons. The highest BCUT2D eigenvalue weighted by atomic mass is 32.2. The first-order chi connectivity index (χ1) is 19.2. The van der Waals surface area contributed by atoms with Crippen molar-refractivity contribution in [2.24, 2.45) is 0 Å². The number of thioether (sulfide) groups is 1. The molecule has 1 aliphatic heterocycles. The summed E-state index contributed by atoms with van der Waals surface area (Å²) in [6.07, 6.45) is -0.698. The fraction of sp³-hybridized carbons (Fsp3) is 0.387. The van der Waals surface area contributed by atoms with E-state index in [9.17, 15) is 18.0 Å². The van der Waals surface area contributed by atoms with Gasteiger partial charge in [-0.1, -0.05) is 38.0 Å². The van der Waals surface area contributed by atoms with Gasteiger partial charge in [-0.15, -0.1) is 11.8 Å². The molecule has 0 atom stereocenters. The maximum absolute atomic E-state index is 14.0. The number of carbonyl (C=O) groups excluding carboxylic acids is 1. The summed E-state index contributed by atoms with van der Waals surface area (Å²) < 4.78 is 52.6. The van der Waals surface area contributed by atoms with Gasteiger partial charge in [-0.25, -0.2) is 4.79 Å². The quantitative estimate of drug-likeness (QED) is 0.292. The minimum Gasteiger partial charge on any atom is -0.497 e. The zero-order valence-corrected chi connectivity index (χ0v) is 23.7. The summed E-state index contributed by atoms with van der Waals surface area (Å²) in [5, 5.41) is 3.04. The van der Waals surface area contributed by atoms with Crippen LogP contribution in [-0.4, -0.2) is 32.5 Å². The normalized spacial score (nSPS) is 15.8. The van der Waals surface area contributed by atoms with E-state index in [0.717, 1.165) is 65.0 Å². The van der Waals surface area contributed by atoms with Crippen molar-refractivity contribution in [1.82, 2.24) is 5.32 Å². The number of nitrogens with zero attached hydrogens (tertiary/aromatic N) is 1. The largest absolute Gasteiger partial charge is 0.497 e. The van der Waals surface area contributed by atoms with Crippen LogP contribution in [-0.2, 0) is 18.1 Å². The summed E-state index contributed by atoms with van der Waals surface area (Å²) in [7, 11) is 2.97. The summed E-state index contributed by atoms with van der Waals surface area (Å²) in [4.78, 5) is 16.4. The Kier molecular flexibility index (Phi) is 7.95. The third-order valence-corrected chi connectivity index (χ3v) is 8.84. The number of hydrogen-bond donors (Lipinski definition) is 1. The van der Waals surface area contributed by atoms with E-state index in [1.165, 1.54) is 13.2 Å². The van der Waals surface area contributed by atoms with Crippen LogP contribution in [0.2, 0.25) is 0 Å². The fourth-order valence-corrected chi connectivity index (χ4v) is 6.72. The van der Waals surface area contributed by atoms with Crippen LogP contribution in [0.4, 0.5) is 23.7 Å². The highest BCUT2D eigenvalue weighted by Crippen LogP contribution is 2.52. The molecule has 3 aromatic rings. The summed E-state index contributed by atoms with van der Waals surface area (Å²) in [6, 6.07) is 15.1. The van der Waals surface area contributed by atoms with Crippen LogP contribution in [0, 0.1) is 0 Å². The van der Waals surface area contributed by atoms with Crippen molar-refractivity contribution in [2.45, 2.75) is 55.6 Å². The maximum atomic E-state index is 14.0. The lowest BCUT2D eigenvalue weighted by Crippen LogP contribution is -2.41. The Balaban J connectivity index is 1.45. The molecule has 5 rings (SSSR count). The second-order valence-electron chi connectivity index (χ2n) is 10.3. The number of nitrogens with one attached hydrogen (secondary N) is 1. The Morgan fingerprint density at radius 1 is 1.02 bits per heavy atom. The molecule has 1 heterocycles. The number of carbonyl (C=O) groups is 1. The van der Waals surface area contributed by atoms with Crippen molar-refractivity contribution in [2.75, 3.05) is 31.4 Å². The van der Waals surface area contributed by atoms with Crippen molar-refractivity contribution in [3.63, 3.8) is 0 Å². The highest BCUT2D eigenvalue weighted by molar-refractivity contribution is 7.99. The Labute approximate surface area is 237 Å². The second-order valence-corrected chi connectivity index (χ2v) is 11.6. The summed E-state index contributed by atoms with van der Waals surface area (Å²) in [5.41, 5.74) is 2.16. The lowest BCUT2D eigenvalue weighted by atomic mass is 9.79. The number of rotatable bonds is 7. The zero-order valence-electron chi connectivity index (χ0n) is 22.9. The lowest BCUT2D eigenvalue weighted by Gasteiger charge is -2.25. The summed E-state index contributed by atoms with van der Waals surface area (Å²) >= 11 is 1.72. The molecule has 3 aromatic carbocycles. The smallest absolute Gasteiger partial charge is 0.417 e. The molecule has 0 unspecified atom stereocenters. The molecular formula is C31H33F3N2O3S. The Bertz CT molecular complexity index is 1400. The Morgan fingerprint density at radius 2 is 1.80 bits per heavy atom. The third kappa shape index (κ3) is 5.36. The van der Waals surface area contributed by atoms with Crippen LogP contribution in [0.5, 0.6) is 11.5 Å². The first-order valence-corrected chi connectivity index (χ1v) is 14.4. The highest BCUT2D eigenvalue weighted by Gasteiger charge is 2.46. The lowest BCUT2D eigenvalue weighted by molar-refractivity contribution is -0.137. The maximum Gasteiger partial charge on any atom is 0.417 e. The van der Waals surface area contributed by atoms with Crippen molar-refractivity contribution < 1.29 is 27.4 Å². The molecule has 1 N–H and O–H groups in total. The molecule has 2 aliphatic rings. The minimum atomic E-state index is -4.53. The number of anilines is 1. The molecule has 1 spiro atoms. The zero-order chi connectivity index (χ0) is 28.5. The van der Waals surface area contributed by atoms with E-state index in [0.29, 0.717) is 18.7 Å². The molecule has 1 fully saturated rings. The number of urea groups is 1. The van der Waals surface area contributed by atoms with Gasteiger partial charge in [-0.05, 0) is 71.7 Å². The van der Waals surface area contributed by atoms with Gasteiger partial charge in [0.15, 0.2) is 0 Å². The van der Waals surface area contributed by atoms with E-state index in [2.05, 4.69) is 12.2 Å². The predicted octanol–water partition coefficient (Wildman–Crippen LogP) is 8.04. The third-order valence-electron chi connectivity index (χ3n) is 7.97. The van der Waals surface area contributed by atoms with Crippen molar-refractivity contribution >= 4 is 23.5 Å². The molecule has 0 saturated heterocycles. The number of halogens is 3. The molecule has 2 amide bonds. The van der Waals surface area contributed by atoms with Crippen molar-refractivity contribution in [3.05, 3.63) is 71.3 Å². The van der Waals surface area contributed by atoms with Crippen molar-refractivity contribution in [1.29, 1.82) is 0 Å². The first kappa shape index (κ1) is 28.2.